The second kappa shape index (κ2) is 9.89. The first-order chi connectivity index (χ1) is 14.8. The fourth-order valence-electron chi connectivity index (χ4n) is 3.52. The van der Waals surface area contributed by atoms with E-state index in [4.69, 9.17) is 9.90 Å². The number of alkyl halides is 3. The Morgan fingerprint density at radius 3 is 2.39 bits per heavy atom. The summed E-state index contributed by atoms with van der Waals surface area (Å²) in [6.45, 7) is 1.97. The van der Waals surface area contributed by atoms with Crippen LogP contribution in [-0.4, -0.2) is 40.4 Å². The lowest BCUT2D eigenvalue weighted by molar-refractivity contribution is -0.192. The summed E-state index contributed by atoms with van der Waals surface area (Å²) in [5.74, 6) is -2.44. The summed E-state index contributed by atoms with van der Waals surface area (Å²) in [5.41, 5.74) is 4.25. The zero-order valence-electron chi connectivity index (χ0n) is 16.6. The molecule has 8 heteroatoms. The molecule has 1 aliphatic rings. The number of pyridine rings is 1. The second-order valence-electron chi connectivity index (χ2n) is 7.39. The lowest BCUT2D eigenvalue weighted by Crippen LogP contribution is -2.33. The van der Waals surface area contributed by atoms with Gasteiger partial charge in [-0.3, -0.25) is 4.98 Å². The minimum absolute atomic E-state index is 0.312. The van der Waals surface area contributed by atoms with Gasteiger partial charge in [0, 0.05) is 29.6 Å². The summed E-state index contributed by atoms with van der Waals surface area (Å²) < 4.78 is 31.7. The summed E-state index contributed by atoms with van der Waals surface area (Å²) in [6.07, 6.45) is -1.33. The third-order valence-electron chi connectivity index (χ3n) is 5.20. The van der Waals surface area contributed by atoms with Gasteiger partial charge in [-0.2, -0.15) is 13.2 Å². The average molecular weight is 432 g/mol. The number of para-hydroxylation sites is 1. The number of carboxylic acid groups (broad SMARTS) is 1. The number of halogens is 3. The van der Waals surface area contributed by atoms with Crippen molar-refractivity contribution in [3.63, 3.8) is 0 Å². The van der Waals surface area contributed by atoms with Crippen LogP contribution in [0.5, 0.6) is 0 Å². The van der Waals surface area contributed by atoms with Gasteiger partial charge in [-0.1, -0.05) is 42.5 Å². The van der Waals surface area contributed by atoms with Crippen molar-refractivity contribution in [1.29, 1.82) is 0 Å². The highest BCUT2D eigenvalue weighted by Crippen LogP contribution is 2.29. The van der Waals surface area contributed by atoms with Gasteiger partial charge in [0.2, 0.25) is 0 Å². The zero-order chi connectivity index (χ0) is 22.4. The number of carbonyl (C=O) groups is 1. The Morgan fingerprint density at radius 2 is 1.77 bits per heavy atom. The van der Waals surface area contributed by atoms with Gasteiger partial charge in [0.1, 0.15) is 0 Å². The number of hydrogen-bond donors (Lipinski definition) is 3. The van der Waals surface area contributed by atoms with E-state index in [-0.39, 0.29) is 6.10 Å². The lowest BCUT2D eigenvalue weighted by atomic mass is 9.89. The van der Waals surface area contributed by atoms with Crippen LogP contribution in [0, 0.1) is 5.92 Å². The quantitative estimate of drug-likeness (QED) is 0.565. The number of rotatable bonds is 3. The molecule has 1 aliphatic heterocycles. The second-order valence-corrected chi connectivity index (χ2v) is 7.39. The van der Waals surface area contributed by atoms with Crippen molar-refractivity contribution >= 4 is 16.9 Å². The molecule has 164 valence electrons. The molecule has 4 rings (SSSR count). The van der Waals surface area contributed by atoms with Gasteiger partial charge in [-0.15, -0.1) is 0 Å². The van der Waals surface area contributed by atoms with Crippen molar-refractivity contribution < 1.29 is 28.2 Å². The summed E-state index contributed by atoms with van der Waals surface area (Å²) >= 11 is 0. The Morgan fingerprint density at radius 1 is 1.10 bits per heavy atom. The van der Waals surface area contributed by atoms with Crippen LogP contribution in [0.25, 0.3) is 22.0 Å². The molecule has 0 saturated carbocycles. The van der Waals surface area contributed by atoms with Crippen molar-refractivity contribution in [3.8, 4) is 11.1 Å². The number of benzene rings is 2. The van der Waals surface area contributed by atoms with Crippen molar-refractivity contribution in [3.05, 3.63) is 66.4 Å². The highest BCUT2D eigenvalue weighted by molar-refractivity contribution is 5.83. The Bertz CT molecular complexity index is 1020. The predicted octanol–water partition coefficient (Wildman–Crippen LogP) is 4.57. The number of aromatic nitrogens is 1. The molecule has 3 N–H and O–H groups in total. The molecule has 2 aromatic carbocycles. The van der Waals surface area contributed by atoms with Crippen LogP contribution in [0.1, 0.15) is 24.5 Å². The molecule has 1 fully saturated rings. The van der Waals surface area contributed by atoms with Gasteiger partial charge in [0.25, 0.3) is 0 Å². The molecule has 0 bridgehead atoms. The fourth-order valence-corrected chi connectivity index (χ4v) is 3.52. The molecule has 0 amide bonds. The zero-order valence-corrected chi connectivity index (χ0v) is 16.6. The van der Waals surface area contributed by atoms with Crippen molar-refractivity contribution in [2.45, 2.75) is 25.1 Å². The van der Waals surface area contributed by atoms with Crippen LogP contribution in [0.2, 0.25) is 0 Å². The normalized spacial score (nSPS) is 17.5. The lowest BCUT2D eigenvalue weighted by Gasteiger charge is -2.27. The molecule has 5 nitrogen and oxygen atoms in total. The minimum atomic E-state index is -5.08. The Hall–Kier alpha value is -2.97. The van der Waals surface area contributed by atoms with Crippen molar-refractivity contribution in [1.82, 2.24) is 10.3 Å². The van der Waals surface area contributed by atoms with Crippen LogP contribution >= 0.6 is 0 Å². The third-order valence-corrected chi connectivity index (χ3v) is 5.20. The molecular formula is C23H23F3N2O3. The summed E-state index contributed by atoms with van der Waals surface area (Å²) in [6, 6.07) is 18.6. The van der Waals surface area contributed by atoms with Crippen LogP contribution < -0.4 is 5.32 Å². The van der Waals surface area contributed by atoms with Gasteiger partial charge in [-0.05, 0) is 42.6 Å². The van der Waals surface area contributed by atoms with E-state index in [9.17, 15) is 18.3 Å². The smallest absolute Gasteiger partial charge is 0.475 e. The molecule has 0 aliphatic carbocycles. The summed E-state index contributed by atoms with van der Waals surface area (Å²) in [5, 5.41) is 22.2. The van der Waals surface area contributed by atoms with Crippen LogP contribution in [0.4, 0.5) is 13.2 Å². The highest BCUT2D eigenvalue weighted by Gasteiger charge is 2.38. The number of nitrogens with one attached hydrogen (secondary N) is 1. The number of aliphatic carboxylic acids is 1. The number of aliphatic hydroxyl groups is 1. The van der Waals surface area contributed by atoms with E-state index in [0.29, 0.717) is 5.92 Å². The summed E-state index contributed by atoms with van der Waals surface area (Å²) in [7, 11) is 0. The summed E-state index contributed by atoms with van der Waals surface area (Å²) in [4.78, 5) is 13.4. The first kappa shape index (κ1) is 22.7. The van der Waals surface area contributed by atoms with E-state index in [1.54, 1.807) is 0 Å². The van der Waals surface area contributed by atoms with Crippen molar-refractivity contribution in [2.75, 3.05) is 13.1 Å². The number of piperidine rings is 1. The van der Waals surface area contributed by atoms with Gasteiger partial charge in [-0.25, -0.2) is 4.79 Å². The van der Waals surface area contributed by atoms with Gasteiger partial charge in [0.05, 0.1) is 11.6 Å². The van der Waals surface area contributed by atoms with Gasteiger partial charge >= 0.3 is 12.1 Å². The van der Waals surface area contributed by atoms with E-state index in [0.717, 1.165) is 53.5 Å². The maximum absolute atomic E-state index is 10.6. The van der Waals surface area contributed by atoms with E-state index >= 15 is 0 Å². The SMILES string of the molecule is O=C(O)C(F)(F)F.OC(c1ccc(-c2cnc3ccccc3c2)cc1)C1CCCNC1. The number of nitrogens with zero attached hydrogens (tertiary/aromatic N) is 1. The maximum atomic E-state index is 10.6. The number of fused-ring (bicyclic) bond motifs is 1. The predicted molar refractivity (Wildman–Crippen MR) is 111 cm³/mol. The third kappa shape index (κ3) is 6.02. The Kier molecular flexibility index (Phi) is 7.25. The Labute approximate surface area is 177 Å². The highest BCUT2D eigenvalue weighted by atomic mass is 19.4. The first-order valence-corrected chi connectivity index (χ1v) is 9.90. The van der Waals surface area contributed by atoms with E-state index in [1.807, 2.05) is 36.5 Å². The molecule has 3 aromatic rings. The average Bonchev–Trinajstić information content (AvgIpc) is 2.79. The van der Waals surface area contributed by atoms with E-state index < -0.39 is 12.1 Å². The Balaban J connectivity index is 0.000000339. The van der Waals surface area contributed by atoms with Crippen LogP contribution in [-0.2, 0) is 4.79 Å². The minimum Gasteiger partial charge on any atom is -0.475 e. The topological polar surface area (TPSA) is 82.5 Å². The van der Waals surface area contributed by atoms with Gasteiger partial charge in [0.15, 0.2) is 0 Å². The van der Waals surface area contributed by atoms with Crippen LogP contribution in [0.15, 0.2) is 60.8 Å². The van der Waals surface area contributed by atoms with Crippen molar-refractivity contribution in [2.24, 2.45) is 5.92 Å². The standard InChI is InChI=1S/C21H22N2O.C2HF3O2/c24-21(18-5-3-11-22-13-18)16-9-7-15(8-10-16)19-12-17-4-1-2-6-20(17)23-14-19;3-2(4,5)1(6)7/h1-2,4,6-10,12,14,18,21-22,24H,3,5,11,13H2;(H,6,7). The maximum Gasteiger partial charge on any atom is 0.490 e. The molecule has 2 unspecified atom stereocenters. The largest absolute Gasteiger partial charge is 0.490 e. The molecule has 1 saturated heterocycles. The molecular weight excluding hydrogens is 409 g/mol. The molecule has 1 aromatic heterocycles. The molecule has 2 heterocycles. The first-order valence-electron chi connectivity index (χ1n) is 9.90. The number of aliphatic hydroxyl groups excluding tert-OH is 1. The van der Waals surface area contributed by atoms with E-state index in [1.165, 1.54) is 0 Å². The van der Waals surface area contributed by atoms with Crippen LogP contribution in [0.3, 0.4) is 0 Å². The number of carboxylic acids is 1. The number of hydrogen-bond acceptors (Lipinski definition) is 4. The molecule has 0 spiro atoms. The molecule has 31 heavy (non-hydrogen) atoms. The van der Waals surface area contributed by atoms with E-state index in [2.05, 4.69) is 34.6 Å². The van der Waals surface area contributed by atoms with Gasteiger partial charge < -0.3 is 15.5 Å². The fraction of sp³-hybridized carbons (Fsp3) is 0.304. The monoisotopic (exact) mass is 432 g/mol. The molecule has 2 atom stereocenters. The molecule has 0 radical (unpaired) electrons.